The first kappa shape index (κ1) is 16.3. The highest BCUT2D eigenvalue weighted by Gasteiger charge is 2.47. The number of ether oxygens (including phenoxy) is 1. The number of rotatable bonds is 7. The molecule has 21 heavy (non-hydrogen) atoms. The number of sulfone groups is 1. The van der Waals surface area contributed by atoms with Gasteiger partial charge in [0.25, 0.3) is 0 Å². The van der Waals surface area contributed by atoms with Gasteiger partial charge in [0.2, 0.25) is 0 Å². The van der Waals surface area contributed by atoms with Crippen LogP contribution in [0.2, 0.25) is 0 Å². The van der Waals surface area contributed by atoms with E-state index in [0.29, 0.717) is 24.2 Å². The fourth-order valence-electron chi connectivity index (χ4n) is 2.48. The van der Waals surface area contributed by atoms with Crippen molar-refractivity contribution in [2.45, 2.75) is 25.0 Å². The minimum Gasteiger partial charge on any atom is -0.496 e. The largest absolute Gasteiger partial charge is 0.496 e. The lowest BCUT2D eigenvalue weighted by molar-refractivity contribution is -0.138. The fourth-order valence-corrected chi connectivity index (χ4v) is 5.02. The Morgan fingerprint density at radius 3 is 2.62 bits per heavy atom. The summed E-state index contributed by atoms with van der Waals surface area (Å²) < 4.78 is 30.7. The predicted molar refractivity (Wildman–Crippen MR) is 82.1 cm³/mol. The second-order valence-corrected chi connectivity index (χ2v) is 8.54. The first-order chi connectivity index (χ1) is 9.75. The molecule has 5 nitrogen and oxygen atoms in total. The van der Waals surface area contributed by atoms with Gasteiger partial charge in [-0.3, -0.25) is 4.79 Å². The van der Waals surface area contributed by atoms with E-state index in [1.807, 2.05) is 0 Å². The van der Waals surface area contributed by atoms with Crippen LogP contribution >= 0.6 is 15.9 Å². The molecule has 2 rings (SSSR count). The standard InChI is InChI=1S/C14H17BrO5S/c1-20-12-3-2-11(15)6-10(12)8-21(18,19)9-14(4-5-14)7-13(16)17/h2-3,6H,4-5,7-9H2,1H3,(H,16,17). The number of halogens is 1. The first-order valence-corrected chi connectivity index (χ1v) is 9.11. The summed E-state index contributed by atoms with van der Waals surface area (Å²) >= 11 is 3.31. The maximum Gasteiger partial charge on any atom is 0.303 e. The summed E-state index contributed by atoms with van der Waals surface area (Å²) in [7, 11) is -1.90. The number of aliphatic carboxylic acids is 1. The van der Waals surface area contributed by atoms with Gasteiger partial charge in [-0.2, -0.15) is 0 Å². The Balaban J connectivity index is 2.15. The van der Waals surface area contributed by atoms with Crippen LogP contribution < -0.4 is 4.74 Å². The third-order valence-corrected chi connectivity index (χ3v) is 5.92. The van der Waals surface area contributed by atoms with Crippen LogP contribution in [0.25, 0.3) is 0 Å². The van der Waals surface area contributed by atoms with Crippen LogP contribution in [0.15, 0.2) is 22.7 Å². The quantitative estimate of drug-likeness (QED) is 0.790. The average molecular weight is 377 g/mol. The Bertz CT molecular complexity index is 649. The topological polar surface area (TPSA) is 80.7 Å². The number of carboxylic acid groups (broad SMARTS) is 1. The van der Waals surface area contributed by atoms with E-state index in [9.17, 15) is 13.2 Å². The van der Waals surface area contributed by atoms with E-state index in [-0.39, 0.29) is 17.9 Å². The highest BCUT2D eigenvalue weighted by atomic mass is 79.9. The molecule has 1 aromatic rings. The minimum absolute atomic E-state index is 0.0814. The maximum absolute atomic E-state index is 12.4. The summed E-state index contributed by atoms with van der Waals surface area (Å²) in [4.78, 5) is 10.8. The predicted octanol–water partition coefficient (Wildman–Crippen LogP) is 2.63. The third kappa shape index (κ3) is 4.44. The summed E-state index contributed by atoms with van der Waals surface area (Å²) in [5.74, 6) is -0.647. The molecule has 0 amide bonds. The summed E-state index contributed by atoms with van der Waals surface area (Å²) in [5, 5.41) is 8.87. The number of carbonyl (C=O) groups is 1. The van der Waals surface area contributed by atoms with E-state index in [1.165, 1.54) is 7.11 Å². The van der Waals surface area contributed by atoms with Gasteiger partial charge in [-0.25, -0.2) is 8.42 Å². The Morgan fingerprint density at radius 2 is 2.10 bits per heavy atom. The zero-order valence-corrected chi connectivity index (χ0v) is 14.0. The first-order valence-electron chi connectivity index (χ1n) is 6.50. The van der Waals surface area contributed by atoms with Crippen LogP contribution in [0.3, 0.4) is 0 Å². The van der Waals surface area contributed by atoms with Crippen molar-refractivity contribution in [2.24, 2.45) is 5.41 Å². The fraction of sp³-hybridized carbons (Fsp3) is 0.500. The van der Waals surface area contributed by atoms with Crippen LogP contribution in [0.4, 0.5) is 0 Å². The van der Waals surface area contributed by atoms with Crippen LogP contribution in [0.5, 0.6) is 5.75 Å². The molecule has 0 aliphatic heterocycles. The number of methoxy groups -OCH3 is 1. The van der Waals surface area contributed by atoms with E-state index in [0.717, 1.165) is 4.47 Å². The van der Waals surface area contributed by atoms with Crippen molar-refractivity contribution in [2.75, 3.05) is 12.9 Å². The molecular formula is C14H17BrO5S. The Hall–Kier alpha value is -1.08. The molecule has 1 N–H and O–H groups in total. The van der Waals surface area contributed by atoms with Gasteiger partial charge < -0.3 is 9.84 Å². The van der Waals surface area contributed by atoms with Gasteiger partial charge in [-0.15, -0.1) is 0 Å². The van der Waals surface area contributed by atoms with Crippen molar-refractivity contribution in [3.8, 4) is 5.75 Å². The summed E-state index contributed by atoms with van der Waals surface area (Å²) in [6.45, 7) is 0. The molecule has 1 aliphatic rings. The van der Waals surface area contributed by atoms with E-state index in [4.69, 9.17) is 9.84 Å². The smallest absolute Gasteiger partial charge is 0.303 e. The van der Waals surface area contributed by atoms with Gasteiger partial charge in [-0.05, 0) is 36.5 Å². The Labute approximate surface area is 132 Å². The van der Waals surface area contributed by atoms with Crippen molar-refractivity contribution < 1.29 is 23.1 Å². The molecule has 116 valence electrons. The molecule has 0 heterocycles. The molecule has 0 aromatic heterocycles. The molecule has 0 unspecified atom stereocenters. The van der Waals surface area contributed by atoms with E-state index in [1.54, 1.807) is 18.2 Å². The second kappa shape index (κ2) is 5.96. The maximum atomic E-state index is 12.4. The average Bonchev–Trinajstić information content (AvgIpc) is 3.05. The van der Waals surface area contributed by atoms with Crippen molar-refractivity contribution in [1.29, 1.82) is 0 Å². The molecule has 1 fully saturated rings. The summed E-state index contributed by atoms with van der Waals surface area (Å²) in [6, 6.07) is 5.20. The number of hydrogen-bond acceptors (Lipinski definition) is 4. The lowest BCUT2D eigenvalue weighted by Crippen LogP contribution is -2.21. The van der Waals surface area contributed by atoms with Crippen molar-refractivity contribution in [3.05, 3.63) is 28.2 Å². The monoisotopic (exact) mass is 376 g/mol. The normalized spacial score (nSPS) is 16.5. The van der Waals surface area contributed by atoms with Gasteiger partial charge in [0.15, 0.2) is 9.84 Å². The lowest BCUT2D eigenvalue weighted by Gasteiger charge is -2.14. The highest BCUT2D eigenvalue weighted by molar-refractivity contribution is 9.10. The van der Waals surface area contributed by atoms with Crippen LogP contribution in [0.1, 0.15) is 24.8 Å². The Kier molecular flexibility index (Phi) is 4.63. The second-order valence-electron chi connectivity index (χ2n) is 5.56. The van der Waals surface area contributed by atoms with Crippen LogP contribution in [-0.2, 0) is 20.4 Å². The molecule has 0 spiro atoms. The zero-order chi connectivity index (χ0) is 15.7. The minimum atomic E-state index is -3.39. The molecule has 0 radical (unpaired) electrons. The zero-order valence-electron chi connectivity index (χ0n) is 11.6. The molecule has 1 saturated carbocycles. The lowest BCUT2D eigenvalue weighted by atomic mass is 10.1. The number of benzene rings is 1. The summed E-state index contributed by atoms with van der Waals surface area (Å²) in [5.41, 5.74) is 0.0159. The van der Waals surface area contributed by atoms with Crippen LogP contribution in [0, 0.1) is 5.41 Å². The number of hydrogen-bond donors (Lipinski definition) is 1. The van der Waals surface area contributed by atoms with Gasteiger partial charge in [-0.1, -0.05) is 15.9 Å². The van der Waals surface area contributed by atoms with Gasteiger partial charge in [0.05, 0.1) is 25.0 Å². The van der Waals surface area contributed by atoms with Crippen molar-refractivity contribution in [3.63, 3.8) is 0 Å². The van der Waals surface area contributed by atoms with Gasteiger partial charge >= 0.3 is 5.97 Å². The van der Waals surface area contributed by atoms with Crippen molar-refractivity contribution in [1.82, 2.24) is 0 Å². The van der Waals surface area contributed by atoms with Gasteiger partial charge in [0.1, 0.15) is 5.75 Å². The number of carboxylic acids is 1. The highest BCUT2D eigenvalue weighted by Crippen LogP contribution is 2.50. The van der Waals surface area contributed by atoms with Crippen LogP contribution in [-0.4, -0.2) is 32.4 Å². The van der Waals surface area contributed by atoms with E-state index in [2.05, 4.69) is 15.9 Å². The molecular weight excluding hydrogens is 360 g/mol. The molecule has 7 heteroatoms. The summed E-state index contributed by atoms with van der Waals surface area (Å²) in [6.07, 6.45) is 1.24. The van der Waals surface area contributed by atoms with E-state index < -0.39 is 21.2 Å². The molecule has 1 aliphatic carbocycles. The molecule has 0 bridgehead atoms. The van der Waals surface area contributed by atoms with Crippen molar-refractivity contribution >= 4 is 31.7 Å². The Morgan fingerprint density at radius 1 is 1.43 bits per heavy atom. The van der Waals surface area contributed by atoms with Gasteiger partial charge in [0, 0.05) is 10.0 Å². The molecule has 1 aromatic carbocycles. The SMILES string of the molecule is COc1ccc(Br)cc1CS(=O)(=O)CC1(CC(=O)O)CC1. The third-order valence-electron chi connectivity index (χ3n) is 3.63. The molecule has 0 saturated heterocycles. The molecule has 0 atom stereocenters. The van der Waals surface area contributed by atoms with E-state index >= 15 is 0 Å².